The lowest BCUT2D eigenvalue weighted by Crippen LogP contribution is -2.39. The zero-order valence-electron chi connectivity index (χ0n) is 8.96. The topological polar surface area (TPSA) is 66.8 Å². The van der Waals surface area contributed by atoms with Crippen LogP contribution in [-0.2, 0) is 4.79 Å². The number of carbonyl (C=O) groups is 1. The molecule has 2 unspecified atom stereocenters. The SMILES string of the molecule is C=C(C)C(O)C(Oc1ccccc1)C(=O)O. The zero-order valence-corrected chi connectivity index (χ0v) is 8.96. The van der Waals surface area contributed by atoms with E-state index >= 15 is 0 Å². The van der Waals surface area contributed by atoms with E-state index in [4.69, 9.17) is 9.84 Å². The molecule has 1 aromatic carbocycles. The minimum absolute atomic E-state index is 0.350. The maximum absolute atomic E-state index is 10.9. The van der Waals surface area contributed by atoms with Gasteiger partial charge in [0.25, 0.3) is 0 Å². The number of hydrogen-bond acceptors (Lipinski definition) is 3. The molecule has 0 amide bonds. The highest BCUT2D eigenvalue weighted by atomic mass is 16.5. The Balaban J connectivity index is 2.81. The van der Waals surface area contributed by atoms with Crippen LogP contribution in [0.3, 0.4) is 0 Å². The molecular weight excluding hydrogens is 208 g/mol. The van der Waals surface area contributed by atoms with Crippen LogP contribution in [-0.4, -0.2) is 28.4 Å². The smallest absolute Gasteiger partial charge is 0.348 e. The second-order valence-corrected chi connectivity index (χ2v) is 3.48. The molecule has 16 heavy (non-hydrogen) atoms. The van der Waals surface area contributed by atoms with E-state index < -0.39 is 18.2 Å². The molecular formula is C12H14O4. The summed E-state index contributed by atoms with van der Waals surface area (Å²) in [6.07, 6.45) is -2.56. The van der Waals surface area contributed by atoms with E-state index in [2.05, 4.69) is 6.58 Å². The molecule has 0 radical (unpaired) electrons. The molecule has 0 heterocycles. The summed E-state index contributed by atoms with van der Waals surface area (Å²) in [5.41, 5.74) is 0.350. The third-order valence-electron chi connectivity index (χ3n) is 2.04. The van der Waals surface area contributed by atoms with Crippen molar-refractivity contribution in [3.8, 4) is 5.75 Å². The number of rotatable bonds is 5. The largest absolute Gasteiger partial charge is 0.478 e. The first-order chi connectivity index (χ1) is 7.52. The van der Waals surface area contributed by atoms with E-state index in [1.165, 1.54) is 0 Å². The maximum Gasteiger partial charge on any atom is 0.348 e. The van der Waals surface area contributed by atoms with Gasteiger partial charge in [-0.05, 0) is 24.6 Å². The minimum Gasteiger partial charge on any atom is -0.478 e. The van der Waals surface area contributed by atoms with Gasteiger partial charge in [-0.15, -0.1) is 0 Å². The van der Waals surface area contributed by atoms with Crippen LogP contribution >= 0.6 is 0 Å². The van der Waals surface area contributed by atoms with Crippen molar-refractivity contribution >= 4 is 5.97 Å². The lowest BCUT2D eigenvalue weighted by Gasteiger charge is -2.20. The van der Waals surface area contributed by atoms with Crippen molar-refractivity contribution in [1.82, 2.24) is 0 Å². The molecule has 1 aromatic rings. The number of carboxylic acid groups (broad SMARTS) is 1. The number of hydrogen-bond donors (Lipinski definition) is 2. The van der Waals surface area contributed by atoms with Gasteiger partial charge in [0.2, 0.25) is 6.10 Å². The molecule has 0 spiro atoms. The number of carboxylic acids is 1. The summed E-state index contributed by atoms with van der Waals surface area (Å²) in [6, 6.07) is 8.49. The third kappa shape index (κ3) is 3.10. The van der Waals surface area contributed by atoms with E-state index in [1.807, 2.05) is 0 Å². The maximum atomic E-state index is 10.9. The molecule has 1 rings (SSSR count). The zero-order chi connectivity index (χ0) is 12.1. The van der Waals surface area contributed by atoms with Crippen molar-refractivity contribution in [2.45, 2.75) is 19.1 Å². The average molecular weight is 222 g/mol. The lowest BCUT2D eigenvalue weighted by atomic mass is 10.1. The van der Waals surface area contributed by atoms with Crippen LogP contribution in [0.2, 0.25) is 0 Å². The van der Waals surface area contributed by atoms with E-state index in [9.17, 15) is 9.90 Å². The highest BCUT2D eigenvalue weighted by Crippen LogP contribution is 2.15. The first-order valence-corrected chi connectivity index (χ1v) is 4.80. The van der Waals surface area contributed by atoms with Crippen LogP contribution < -0.4 is 4.74 Å². The van der Waals surface area contributed by atoms with Crippen molar-refractivity contribution in [3.63, 3.8) is 0 Å². The summed E-state index contributed by atoms with van der Waals surface area (Å²) in [5, 5.41) is 18.5. The Morgan fingerprint density at radius 2 is 1.94 bits per heavy atom. The number of para-hydroxylation sites is 1. The molecule has 0 aromatic heterocycles. The number of aliphatic carboxylic acids is 1. The summed E-state index contributed by atoms with van der Waals surface area (Å²) in [7, 11) is 0. The predicted octanol–water partition coefficient (Wildman–Crippen LogP) is 1.46. The highest BCUT2D eigenvalue weighted by Gasteiger charge is 2.29. The van der Waals surface area contributed by atoms with Crippen LogP contribution in [0.25, 0.3) is 0 Å². The molecule has 0 aliphatic heterocycles. The fraction of sp³-hybridized carbons (Fsp3) is 0.250. The lowest BCUT2D eigenvalue weighted by molar-refractivity contribution is -0.149. The Hall–Kier alpha value is -1.81. The monoisotopic (exact) mass is 222 g/mol. The van der Waals surface area contributed by atoms with E-state index in [0.29, 0.717) is 11.3 Å². The normalized spacial score (nSPS) is 13.9. The molecule has 2 N–H and O–H groups in total. The van der Waals surface area contributed by atoms with Crippen molar-refractivity contribution < 1.29 is 19.7 Å². The second kappa shape index (κ2) is 5.32. The summed E-state index contributed by atoms with van der Waals surface area (Å²) in [5.74, 6) is -0.824. The summed E-state index contributed by atoms with van der Waals surface area (Å²) in [4.78, 5) is 10.9. The van der Waals surface area contributed by atoms with Crippen LogP contribution in [0, 0.1) is 0 Å². The number of benzene rings is 1. The van der Waals surface area contributed by atoms with Gasteiger partial charge < -0.3 is 14.9 Å². The molecule has 2 atom stereocenters. The molecule has 0 bridgehead atoms. The van der Waals surface area contributed by atoms with Crippen molar-refractivity contribution in [2.75, 3.05) is 0 Å². The van der Waals surface area contributed by atoms with Crippen LogP contribution in [0.15, 0.2) is 42.5 Å². The van der Waals surface area contributed by atoms with Crippen LogP contribution in [0.4, 0.5) is 0 Å². The van der Waals surface area contributed by atoms with Gasteiger partial charge >= 0.3 is 5.97 Å². The Kier molecular flexibility index (Phi) is 4.08. The highest BCUT2D eigenvalue weighted by molar-refractivity contribution is 5.74. The van der Waals surface area contributed by atoms with Crippen molar-refractivity contribution in [1.29, 1.82) is 0 Å². The van der Waals surface area contributed by atoms with Gasteiger partial charge in [-0.3, -0.25) is 0 Å². The summed E-state index contributed by atoms with van der Waals surface area (Å²) >= 11 is 0. The summed E-state index contributed by atoms with van der Waals surface area (Å²) in [6.45, 7) is 5.06. The second-order valence-electron chi connectivity index (χ2n) is 3.48. The van der Waals surface area contributed by atoms with Gasteiger partial charge in [0, 0.05) is 0 Å². The fourth-order valence-corrected chi connectivity index (χ4v) is 1.15. The van der Waals surface area contributed by atoms with E-state index in [1.54, 1.807) is 37.3 Å². The molecule has 0 fully saturated rings. The summed E-state index contributed by atoms with van der Waals surface area (Å²) < 4.78 is 5.19. The number of aliphatic hydroxyl groups excluding tert-OH is 1. The first-order valence-electron chi connectivity index (χ1n) is 4.80. The molecule has 0 aliphatic carbocycles. The number of aliphatic hydroxyl groups is 1. The molecule has 4 heteroatoms. The Morgan fingerprint density at radius 1 is 1.38 bits per heavy atom. The predicted molar refractivity (Wildman–Crippen MR) is 59.3 cm³/mol. The first kappa shape index (κ1) is 12.3. The Bertz CT molecular complexity index is 372. The molecule has 86 valence electrons. The van der Waals surface area contributed by atoms with Crippen LogP contribution in [0.5, 0.6) is 5.75 Å². The van der Waals surface area contributed by atoms with Gasteiger partial charge in [0.15, 0.2) is 0 Å². The Labute approximate surface area is 93.8 Å². The molecule has 0 aliphatic rings. The van der Waals surface area contributed by atoms with E-state index in [-0.39, 0.29) is 0 Å². The quantitative estimate of drug-likeness (QED) is 0.740. The Morgan fingerprint density at radius 3 is 2.38 bits per heavy atom. The standard InChI is InChI=1S/C12H14O4/c1-8(2)10(13)11(12(14)15)16-9-6-4-3-5-7-9/h3-7,10-11,13H,1H2,2H3,(H,14,15). The van der Waals surface area contributed by atoms with Crippen molar-refractivity contribution in [3.05, 3.63) is 42.5 Å². The minimum atomic E-state index is -1.33. The number of ether oxygens (including phenoxy) is 1. The van der Waals surface area contributed by atoms with Gasteiger partial charge in [0.1, 0.15) is 11.9 Å². The molecule has 0 saturated carbocycles. The molecule has 0 saturated heterocycles. The van der Waals surface area contributed by atoms with Gasteiger partial charge in [0.05, 0.1) is 0 Å². The molecule has 4 nitrogen and oxygen atoms in total. The van der Waals surface area contributed by atoms with Gasteiger partial charge in [-0.1, -0.05) is 24.8 Å². The van der Waals surface area contributed by atoms with E-state index in [0.717, 1.165) is 0 Å². The average Bonchev–Trinajstić information content (AvgIpc) is 2.26. The third-order valence-corrected chi connectivity index (χ3v) is 2.04. The van der Waals surface area contributed by atoms with Gasteiger partial charge in [-0.25, -0.2) is 4.79 Å². The fourth-order valence-electron chi connectivity index (χ4n) is 1.15. The van der Waals surface area contributed by atoms with Crippen LogP contribution in [0.1, 0.15) is 6.92 Å². The van der Waals surface area contributed by atoms with Crippen molar-refractivity contribution in [2.24, 2.45) is 0 Å². The van der Waals surface area contributed by atoms with Gasteiger partial charge in [-0.2, -0.15) is 0 Å².